The van der Waals surface area contributed by atoms with Gasteiger partial charge in [-0.2, -0.15) is 0 Å². The number of hydrogen-bond donors (Lipinski definition) is 2. The monoisotopic (exact) mass is 297 g/mol. The maximum absolute atomic E-state index is 11.5. The highest BCUT2D eigenvalue weighted by atomic mass is 35.5. The minimum absolute atomic E-state index is 0.0267. The van der Waals surface area contributed by atoms with Crippen molar-refractivity contribution in [3.8, 4) is 0 Å². The van der Waals surface area contributed by atoms with Crippen molar-refractivity contribution in [2.24, 2.45) is 0 Å². The highest BCUT2D eigenvalue weighted by Gasteiger charge is 2.16. The van der Waals surface area contributed by atoms with Gasteiger partial charge in [-0.3, -0.25) is 4.79 Å². The van der Waals surface area contributed by atoms with Crippen molar-refractivity contribution < 1.29 is 4.79 Å². The molecule has 4 nitrogen and oxygen atoms in total. The van der Waals surface area contributed by atoms with E-state index >= 15 is 0 Å². The first-order valence-corrected chi connectivity index (χ1v) is 7.06. The minimum Gasteiger partial charge on any atom is -0.364 e. The zero-order valence-corrected chi connectivity index (χ0v) is 13.6. The van der Waals surface area contributed by atoms with Crippen LogP contribution in [0.25, 0.3) is 0 Å². The number of anilines is 1. The largest absolute Gasteiger partial charge is 0.364 e. The minimum atomic E-state index is -0.0397. The molecule has 1 aromatic rings. The quantitative estimate of drug-likeness (QED) is 0.877. The van der Waals surface area contributed by atoms with Gasteiger partial charge in [-0.1, -0.05) is 23.7 Å². The Labute approximate surface area is 126 Å². The molecule has 0 spiro atoms. The second-order valence-corrected chi connectivity index (χ2v) is 6.29. The number of para-hydroxylation sites is 1. The van der Waals surface area contributed by atoms with Crippen LogP contribution < -0.4 is 15.5 Å². The van der Waals surface area contributed by atoms with Gasteiger partial charge >= 0.3 is 0 Å². The topological polar surface area (TPSA) is 44.4 Å². The summed E-state index contributed by atoms with van der Waals surface area (Å²) in [5, 5.41) is 6.72. The van der Waals surface area contributed by atoms with Crippen molar-refractivity contribution in [3.63, 3.8) is 0 Å². The first-order valence-electron chi connectivity index (χ1n) is 6.68. The molecular weight excluding hydrogens is 274 g/mol. The van der Waals surface area contributed by atoms with Gasteiger partial charge in [0.05, 0.1) is 17.3 Å². The molecule has 0 saturated heterocycles. The summed E-state index contributed by atoms with van der Waals surface area (Å²) in [7, 11) is 3.50. The number of carbonyl (C=O) groups is 1. The summed E-state index contributed by atoms with van der Waals surface area (Å²) in [6.45, 7) is 7.34. The number of hydrogen-bond acceptors (Lipinski definition) is 3. The Morgan fingerprint density at radius 1 is 1.35 bits per heavy atom. The van der Waals surface area contributed by atoms with Crippen LogP contribution in [0.1, 0.15) is 26.3 Å². The Morgan fingerprint density at radius 2 is 2.00 bits per heavy atom. The van der Waals surface area contributed by atoms with Gasteiger partial charge in [-0.25, -0.2) is 0 Å². The lowest BCUT2D eigenvalue weighted by molar-refractivity contribution is -0.119. The average molecular weight is 298 g/mol. The van der Waals surface area contributed by atoms with Crippen LogP contribution in [-0.2, 0) is 11.3 Å². The Hall–Kier alpha value is -1.26. The Bertz CT molecular complexity index is 469. The summed E-state index contributed by atoms with van der Waals surface area (Å²) >= 11 is 6.30. The fraction of sp³-hybridized carbons (Fsp3) is 0.533. The standard InChI is InChI=1S/C15H24ClN3O/c1-15(2,3)18-9-11-7-6-8-12(16)14(11)19(5)10-13(20)17-4/h6-8,18H,9-10H2,1-5H3,(H,17,20). The molecular formula is C15H24ClN3O. The van der Waals surface area contributed by atoms with Crippen LogP contribution in [0.15, 0.2) is 18.2 Å². The van der Waals surface area contributed by atoms with E-state index < -0.39 is 0 Å². The number of rotatable bonds is 5. The normalized spacial score (nSPS) is 11.3. The zero-order valence-electron chi connectivity index (χ0n) is 12.9. The van der Waals surface area contributed by atoms with E-state index in [-0.39, 0.29) is 18.0 Å². The molecule has 0 aromatic heterocycles. The van der Waals surface area contributed by atoms with Gasteiger partial charge in [0, 0.05) is 26.2 Å². The van der Waals surface area contributed by atoms with Crippen molar-refractivity contribution in [2.75, 3.05) is 25.5 Å². The SMILES string of the molecule is CNC(=O)CN(C)c1c(Cl)cccc1CNC(C)(C)C. The van der Waals surface area contributed by atoms with Crippen LogP contribution in [-0.4, -0.2) is 32.1 Å². The third-order valence-electron chi connectivity index (χ3n) is 2.92. The van der Waals surface area contributed by atoms with Crippen LogP contribution >= 0.6 is 11.6 Å². The van der Waals surface area contributed by atoms with Gasteiger partial charge in [-0.15, -0.1) is 0 Å². The molecule has 0 aliphatic rings. The predicted molar refractivity (Wildman–Crippen MR) is 85.4 cm³/mol. The van der Waals surface area contributed by atoms with Crippen molar-refractivity contribution in [2.45, 2.75) is 32.9 Å². The van der Waals surface area contributed by atoms with Crippen molar-refractivity contribution in [3.05, 3.63) is 28.8 Å². The molecule has 5 heteroatoms. The van der Waals surface area contributed by atoms with Crippen LogP contribution in [0.3, 0.4) is 0 Å². The molecule has 1 aromatic carbocycles. The molecule has 0 fully saturated rings. The number of carbonyl (C=O) groups excluding carboxylic acids is 1. The Morgan fingerprint density at radius 3 is 2.55 bits per heavy atom. The molecule has 0 aliphatic heterocycles. The van der Waals surface area contributed by atoms with E-state index in [0.29, 0.717) is 11.6 Å². The number of nitrogens with one attached hydrogen (secondary N) is 2. The van der Waals surface area contributed by atoms with E-state index in [2.05, 4.69) is 31.4 Å². The van der Waals surface area contributed by atoms with Crippen molar-refractivity contribution in [1.82, 2.24) is 10.6 Å². The molecule has 1 amide bonds. The third-order valence-corrected chi connectivity index (χ3v) is 3.23. The number of nitrogens with zero attached hydrogens (tertiary/aromatic N) is 1. The van der Waals surface area contributed by atoms with Crippen LogP contribution in [0, 0.1) is 0 Å². The molecule has 0 aliphatic carbocycles. The van der Waals surface area contributed by atoms with E-state index in [4.69, 9.17) is 11.6 Å². The summed E-state index contributed by atoms with van der Waals surface area (Å²) in [6.07, 6.45) is 0. The molecule has 0 unspecified atom stereocenters. The van der Waals surface area contributed by atoms with Gasteiger partial charge in [-0.05, 0) is 32.4 Å². The van der Waals surface area contributed by atoms with Crippen LogP contribution in [0.4, 0.5) is 5.69 Å². The van der Waals surface area contributed by atoms with E-state index in [1.807, 2.05) is 30.1 Å². The summed E-state index contributed by atoms with van der Waals surface area (Å²) in [5.74, 6) is -0.0397. The van der Waals surface area contributed by atoms with Gasteiger partial charge in [0.2, 0.25) is 5.91 Å². The van der Waals surface area contributed by atoms with Crippen LogP contribution in [0.2, 0.25) is 5.02 Å². The van der Waals surface area contributed by atoms with Gasteiger partial charge in [0.1, 0.15) is 0 Å². The molecule has 0 radical (unpaired) electrons. The average Bonchev–Trinajstić information content (AvgIpc) is 2.35. The zero-order chi connectivity index (χ0) is 15.3. The Balaban J connectivity index is 2.96. The van der Waals surface area contributed by atoms with Gasteiger partial charge in [0.25, 0.3) is 0 Å². The maximum atomic E-state index is 11.5. The van der Waals surface area contributed by atoms with E-state index in [1.165, 1.54) is 0 Å². The molecule has 112 valence electrons. The van der Waals surface area contributed by atoms with Crippen LogP contribution in [0.5, 0.6) is 0 Å². The number of halogens is 1. The molecule has 1 rings (SSSR count). The number of amides is 1. The van der Waals surface area contributed by atoms with Crippen molar-refractivity contribution in [1.29, 1.82) is 0 Å². The molecule has 0 heterocycles. The second-order valence-electron chi connectivity index (χ2n) is 5.88. The second kappa shape index (κ2) is 6.95. The first kappa shape index (κ1) is 16.8. The summed E-state index contributed by atoms with van der Waals surface area (Å²) in [5.41, 5.74) is 2.01. The summed E-state index contributed by atoms with van der Waals surface area (Å²) < 4.78 is 0. The van der Waals surface area contributed by atoms with E-state index in [0.717, 1.165) is 11.3 Å². The lowest BCUT2D eigenvalue weighted by Crippen LogP contribution is -2.37. The fourth-order valence-corrected chi connectivity index (χ4v) is 2.20. The summed E-state index contributed by atoms with van der Waals surface area (Å²) in [4.78, 5) is 13.4. The molecule has 0 atom stereocenters. The third kappa shape index (κ3) is 5.02. The number of benzene rings is 1. The predicted octanol–water partition coefficient (Wildman–Crippen LogP) is 2.41. The number of likely N-dealkylation sites (N-methyl/N-ethyl adjacent to an activating group) is 2. The maximum Gasteiger partial charge on any atom is 0.239 e. The smallest absolute Gasteiger partial charge is 0.239 e. The Kier molecular flexibility index (Phi) is 5.84. The highest BCUT2D eigenvalue weighted by Crippen LogP contribution is 2.29. The highest BCUT2D eigenvalue weighted by molar-refractivity contribution is 6.33. The molecule has 0 saturated carbocycles. The molecule has 20 heavy (non-hydrogen) atoms. The van der Waals surface area contributed by atoms with E-state index in [9.17, 15) is 4.79 Å². The van der Waals surface area contributed by atoms with Crippen molar-refractivity contribution >= 4 is 23.2 Å². The molecule has 0 bridgehead atoms. The lowest BCUT2D eigenvalue weighted by Gasteiger charge is -2.26. The van der Waals surface area contributed by atoms with Gasteiger partial charge in [0.15, 0.2) is 0 Å². The molecule has 2 N–H and O–H groups in total. The summed E-state index contributed by atoms with van der Waals surface area (Å²) in [6, 6.07) is 5.80. The lowest BCUT2D eigenvalue weighted by atomic mass is 10.1. The van der Waals surface area contributed by atoms with Gasteiger partial charge < -0.3 is 15.5 Å². The first-order chi connectivity index (χ1) is 9.24. The fourth-order valence-electron chi connectivity index (χ4n) is 1.86. The van der Waals surface area contributed by atoms with E-state index in [1.54, 1.807) is 7.05 Å².